The number of amides is 1. The van der Waals surface area contributed by atoms with Crippen LogP contribution >= 0.6 is 35.6 Å². The monoisotopic (exact) mass is 377 g/mol. The predicted octanol–water partition coefficient (Wildman–Crippen LogP) is 3.85. The number of benzene rings is 1. The van der Waals surface area contributed by atoms with Gasteiger partial charge in [0.1, 0.15) is 17.0 Å². The van der Waals surface area contributed by atoms with Gasteiger partial charge in [0, 0.05) is 18.2 Å². The van der Waals surface area contributed by atoms with Crippen molar-refractivity contribution >= 4 is 41.5 Å². The van der Waals surface area contributed by atoms with Crippen molar-refractivity contribution in [3.63, 3.8) is 0 Å². The second kappa shape index (κ2) is 8.55. The minimum Gasteiger partial charge on any atom is -0.360 e. The molecular formula is C15H18Cl3N3O2. The first kappa shape index (κ1) is 19.8. The lowest BCUT2D eigenvalue weighted by Gasteiger charge is -2.09. The van der Waals surface area contributed by atoms with E-state index in [0.29, 0.717) is 45.6 Å². The summed E-state index contributed by atoms with van der Waals surface area (Å²) in [4.78, 5) is 12.4. The second-order valence-corrected chi connectivity index (χ2v) is 5.90. The molecule has 1 unspecified atom stereocenters. The maximum atomic E-state index is 12.4. The third-order valence-corrected chi connectivity index (χ3v) is 3.80. The number of carbonyl (C=O) groups excluding carboxylic acids is 1. The Balaban J connectivity index is 0.00000264. The van der Waals surface area contributed by atoms with E-state index in [2.05, 4.69) is 10.5 Å². The van der Waals surface area contributed by atoms with Crippen LogP contribution < -0.4 is 11.1 Å². The molecule has 1 amide bonds. The van der Waals surface area contributed by atoms with Crippen LogP contribution in [0.5, 0.6) is 0 Å². The highest BCUT2D eigenvalue weighted by Crippen LogP contribution is 2.36. The van der Waals surface area contributed by atoms with E-state index in [1.807, 2.05) is 6.92 Å². The lowest BCUT2D eigenvalue weighted by atomic mass is 10.1. The van der Waals surface area contributed by atoms with Gasteiger partial charge in [0.25, 0.3) is 5.91 Å². The van der Waals surface area contributed by atoms with Gasteiger partial charge in [-0.2, -0.15) is 0 Å². The van der Waals surface area contributed by atoms with Crippen molar-refractivity contribution in [2.45, 2.75) is 26.3 Å². The molecule has 0 aliphatic carbocycles. The van der Waals surface area contributed by atoms with Crippen molar-refractivity contribution in [2.24, 2.45) is 5.73 Å². The summed E-state index contributed by atoms with van der Waals surface area (Å²) in [6.45, 7) is 4.02. The summed E-state index contributed by atoms with van der Waals surface area (Å²) in [5.41, 5.74) is 6.83. The Labute approximate surface area is 150 Å². The quantitative estimate of drug-likeness (QED) is 0.828. The van der Waals surface area contributed by atoms with Gasteiger partial charge in [-0.05, 0) is 32.4 Å². The van der Waals surface area contributed by atoms with Crippen LogP contribution in [0.4, 0.5) is 0 Å². The average molecular weight is 379 g/mol. The van der Waals surface area contributed by atoms with Gasteiger partial charge in [0.05, 0.1) is 10.0 Å². The maximum absolute atomic E-state index is 12.4. The molecule has 0 bridgehead atoms. The number of aryl methyl sites for hydroxylation is 1. The Kier molecular flexibility index (Phi) is 7.35. The molecule has 1 atom stereocenters. The molecular weight excluding hydrogens is 361 g/mol. The van der Waals surface area contributed by atoms with Crippen LogP contribution in [0, 0.1) is 6.92 Å². The number of aromatic nitrogens is 1. The number of nitrogens with one attached hydrogen (secondary N) is 1. The van der Waals surface area contributed by atoms with Crippen LogP contribution in [0.1, 0.15) is 29.5 Å². The number of nitrogens with zero attached hydrogens (tertiary/aromatic N) is 1. The lowest BCUT2D eigenvalue weighted by molar-refractivity contribution is 0.0952. The van der Waals surface area contributed by atoms with Crippen molar-refractivity contribution in [3.8, 4) is 11.3 Å². The smallest absolute Gasteiger partial charge is 0.257 e. The summed E-state index contributed by atoms with van der Waals surface area (Å²) >= 11 is 12.4. The second-order valence-electron chi connectivity index (χ2n) is 5.08. The normalized spacial score (nSPS) is 11.7. The first-order chi connectivity index (χ1) is 10.4. The van der Waals surface area contributed by atoms with Crippen molar-refractivity contribution < 1.29 is 9.32 Å². The molecule has 8 heteroatoms. The van der Waals surface area contributed by atoms with Crippen LogP contribution in [-0.4, -0.2) is 23.7 Å². The summed E-state index contributed by atoms with van der Waals surface area (Å²) < 4.78 is 5.16. The van der Waals surface area contributed by atoms with Gasteiger partial charge in [-0.3, -0.25) is 4.79 Å². The fourth-order valence-electron chi connectivity index (χ4n) is 2.04. The van der Waals surface area contributed by atoms with Crippen LogP contribution in [0.25, 0.3) is 11.3 Å². The Bertz CT molecular complexity index is 666. The van der Waals surface area contributed by atoms with E-state index in [-0.39, 0.29) is 24.4 Å². The molecule has 5 nitrogen and oxygen atoms in total. The van der Waals surface area contributed by atoms with Crippen LogP contribution in [0.15, 0.2) is 22.7 Å². The molecule has 0 fully saturated rings. The number of hydrogen-bond acceptors (Lipinski definition) is 4. The highest BCUT2D eigenvalue weighted by atomic mass is 35.5. The van der Waals surface area contributed by atoms with E-state index in [1.165, 1.54) is 0 Å². The zero-order valence-electron chi connectivity index (χ0n) is 12.7. The first-order valence-corrected chi connectivity index (χ1v) is 7.61. The van der Waals surface area contributed by atoms with Gasteiger partial charge in [-0.15, -0.1) is 12.4 Å². The molecule has 0 saturated carbocycles. The molecule has 0 aliphatic rings. The number of nitrogens with two attached hydrogens (primary N) is 1. The van der Waals surface area contributed by atoms with Gasteiger partial charge in [-0.1, -0.05) is 34.4 Å². The molecule has 1 aromatic carbocycles. The van der Waals surface area contributed by atoms with Gasteiger partial charge in [-0.25, -0.2) is 0 Å². The van der Waals surface area contributed by atoms with E-state index < -0.39 is 0 Å². The van der Waals surface area contributed by atoms with Crippen molar-refractivity contribution in [3.05, 3.63) is 39.6 Å². The predicted molar refractivity (Wildman–Crippen MR) is 94.5 cm³/mol. The van der Waals surface area contributed by atoms with Crippen LogP contribution in [-0.2, 0) is 0 Å². The van der Waals surface area contributed by atoms with E-state index in [4.69, 9.17) is 33.5 Å². The summed E-state index contributed by atoms with van der Waals surface area (Å²) in [7, 11) is 0. The van der Waals surface area contributed by atoms with Crippen molar-refractivity contribution in [1.82, 2.24) is 10.5 Å². The Morgan fingerprint density at radius 1 is 1.39 bits per heavy atom. The standard InChI is InChI=1S/C15H17Cl2N3O2.ClH/c1-8(18)6-7-19-15(21)12-9(2)22-20-14(12)13-10(16)4-3-5-11(13)17;/h3-5,8H,6-7,18H2,1-2H3,(H,19,21);1H. The van der Waals surface area contributed by atoms with Crippen molar-refractivity contribution in [1.29, 1.82) is 0 Å². The molecule has 2 rings (SSSR count). The largest absolute Gasteiger partial charge is 0.360 e. The van der Waals surface area contributed by atoms with E-state index >= 15 is 0 Å². The summed E-state index contributed by atoms with van der Waals surface area (Å²) in [6, 6.07) is 5.11. The summed E-state index contributed by atoms with van der Waals surface area (Å²) in [6.07, 6.45) is 0.679. The van der Waals surface area contributed by atoms with Gasteiger partial charge in [0.2, 0.25) is 0 Å². The zero-order valence-corrected chi connectivity index (χ0v) is 15.1. The SMILES string of the molecule is Cc1onc(-c2c(Cl)cccc2Cl)c1C(=O)NCCC(C)N.Cl. The lowest BCUT2D eigenvalue weighted by Crippen LogP contribution is -2.29. The summed E-state index contributed by atoms with van der Waals surface area (Å²) in [5.74, 6) is 0.120. The van der Waals surface area contributed by atoms with Crippen LogP contribution in [0.3, 0.4) is 0 Å². The van der Waals surface area contributed by atoms with Gasteiger partial charge >= 0.3 is 0 Å². The third kappa shape index (κ3) is 4.61. The molecule has 1 heterocycles. The fourth-order valence-corrected chi connectivity index (χ4v) is 2.61. The molecule has 0 radical (unpaired) electrons. The third-order valence-electron chi connectivity index (χ3n) is 3.17. The highest BCUT2D eigenvalue weighted by molar-refractivity contribution is 6.39. The molecule has 3 N–H and O–H groups in total. The minimum atomic E-state index is -0.287. The number of hydrogen-bond donors (Lipinski definition) is 2. The molecule has 126 valence electrons. The topological polar surface area (TPSA) is 81.2 Å². The summed E-state index contributed by atoms with van der Waals surface area (Å²) in [5, 5.41) is 7.56. The highest BCUT2D eigenvalue weighted by Gasteiger charge is 2.24. The van der Waals surface area contributed by atoms with Gasteiger partial charge in [0.15, 0.2) is 0 Å². The van der Waals surface area contributed by atoms with Crippen LogP contribution in [0.2, 0.25) is 10.0 Å². The number of halogens is 3. The Hall–Kier alpha value is -1.27. The number of carbonyl (C=O) groups is 1. The number of rotatable bonds is 5. The molecule has 0 spiro atoms. The van der Waals surface area contributed by atoms with E-state index in [1.54, 1.807) is 25.1 Å². The molecule has 0 saturated heterocycles. The molecule has 1 aromatic heterocycles. The van der Waals surface area contributed by atoms with E-state index in [0.717, 1.165) is 0 Å². The minimum absolute atomic E-state index is 0. The Morgan fingerprint density at radius 3 is 2.57 bits per heavy atom. The van der Waals surface area contributed by atoms with Gasteiger partial charge < -0.3 is 15.6 Å². The first-order valence-electron chi connectivity index (χ1n) is 6.86. The maximum Gasteiger partial charge on any atom is 0.257 e. The van der Waals surface area contributed by atoms with E-state index in [9.17, 15) is 4.79 Å². The molecule has 2 aromatic rings. The average Bonchev–Trinajstić information content (AvgIpc) is 2.80. The fraction of sp³-hybridized carbons (Fsp3) is 0.333. The van der Waals surface area contributed by atoms with Crippen molar-refractivity contribution in [2.75, 3.05) is 6.54 Å². The zero-order chi connectivity index (χ0) is 16.3. The molecule has 23 heavy (non-hydrogen) atoms. The Morgan fingerprint density at radius 2 is 2.00 bits per heavy atom. The molecule has 0 aliphatic heterocycles.